The van der Waals surface area contributed by atoms with Crippen LogP contribution in [-0.4, -0.2) is 16.3 Å². The summed E-state index contributed by atoms with van der Waals surface area (Å²) in [5, 5.41) is 9.60. The number of hydrogen-bond acceptors (Lipinski definition) is 4. The predicted molar refractivity (Wildman–Crippen MR) is 52.1 cm³/mol. The Morgan fingerprint density at radius 3 is 2.62 bits per heavy atom. The van der Waals surface area contributed by atoms with Gasteiger partial charge in [-0.2, -0.15) is 0 Å². The first kappa shape index (κ1) is 8.94. The summed E-state index contributed by atoms with van der Waals surface area (Å²) in [6.07, 6.45) is 6.69. The summed E-state index contributed by atoms with van der Waals surface area (Å²) in [4.78, 5) is 0. The number of aromatic nitrogens is 2. The van der Waals surface area contributed by atoms with Crippen molar-refractivity contribution in [2.24, 2.45) is 0 Å². The molecule has 1 fully saturated rings. The highest BCUT2D eigenvalue weighted by Gasteiger charge is 2.16. The molecule has 4 heteroatoms. The normalized spacial score (nSPS) is 18.8. The third-order valence-corrected chi connectivity index (χ3v) is 3.06. The fourth-order valence-electron chi connectivity index (χ4n) is 1.65. The third-order valence-electron chi connectivity index (χ3n) is 2.33. The molecular weight excluding hydrogens is 184 g/mol. The molecule has 0 aromatic carbocycles. The van der Waals surface area contributed by atoms with Gasteiger partial charge < -0.3 is 4.74 Å². The zero-order valence-electron chi connectivity index (χ0n) is 7.82. The highest BCUT2D eigenvalue weighted by Crippen LogP contribution is 2.25. The summed E-state index contributed by atoms with van der Waals surface area (Å²) in [5.74, 6) is 0. The Labute approximate surface area is 82.1 Å². The smallest absolute Gasteiger partial charge is 0.294 e. The summed E-state index contributed by atoms with van der Waals surface area (Å²) >= 11 is 1.54. The van der Waals surface area contributed by atoms with E-state index in [1.54, 1.807) is 0 Å². The molecule has 0 atom stereocenters. The van der Waals surface area contributed by atoms with Crippen LogP contribution < -0.4 is 4.74 Å². The standard InChI is InChI=1S/C9H14N2OS/c1-7-10-11-9(13-7)12-8-5-3-2-4-6-8/h8H,2-6H2,1H3. The van der Waals surface area contributed by atoms with Gasteiger partial charge in [0.15, 0.2) is 0 Å². The van der Waals surface area contributed by atoms with Gasteiger partial charge in [-0.1, -0.05) is 17.8 Å². The molecule has 0 amide bonds. The molecule has 3 nitrogen and oxygen atoms in total. The van der Waals surface area contributed by atoms with Crippen LogP contribution in [-0.2, 0) is 0 Å². The van der Waals surface area contributed by atoms with Crippen molar-refractivity contribution in [3.63, 3.8) is 0 Å². The first-order valence-electron chi connectivity index (χ1n) is 4.81. The number of nitrogens with zero attached hydrogens (tertiary/aromatic N) is 2. The van der Waals surface area contributed by atoms with Crippen molar-refractivity contribution in [1.29, 1.82) is 0 Å². The van der Waals surface area contributed by atoms with E-state index in [0.29, 0.717) is 6.10 Å². The Hall–Kier alpha value is -0.640. The molecule has 0 aliphatic heterocycles. The molecule has 0 spiro atoms. The second-order valence-corrected chi connectivity index (χ2v) is 4.61. The Kier molecular flexibility index (Phi) is 2.78. The second-order valence-electron chi connectivity index (χ2n) is 3.46. The zero-order chi connectivity index (χ0) is 9.10. The van der Waals surface area contributed by atoms with Gasteiger partial charge in [-0.25, -0.2) is 0 Å². The van der Waals surface area contributed by atoms with Crippen molar-refractivity contribution < 1.29 is 4.74 Å². The van der Waals surface area contributed by atoms with E-state index in [2.05, 4.69) is 10.2 Å². The van der Waals surface area contributed by atoms with Crippen LogP contribution in [0.1, 0.15) is 37.1 Å². The summed E-state index contributed by atoms with van der Waals surface area (Å²) in [6.45, 7) is 1.95. The van der Waals surface area contributed by atoms with E-state index in [4.69, 9.17) is 4.74 Å². The topological polar surface area (TPSA) is 35.0 Å². The van der Waals surface area contributed by atoms with Crippen LogP contribution in [0.25, 0.3) is 0 Å². The van der Waals surface area contributed by atoms with Gasteiger partial charge in [0.05, 0.1) is 0 Å². The fourth-order valence-corrected chi connectivity index (χ4v) is 2.25. The van der Waals surface area contributed by atoms with Crippen LogP contribution in [0.3, 0.4) is 0 Å². The lowest BCUT2D eigenvalue weighted by Crippen LogP contribution is -2.19. The lowest BCUT2D eigenvalue weighted by molar-refractivity contribution is 0.153. The van der Waals surface area contributed by atoms with Crippen molar-refractivity contribution >= 4 is 11.3 Å². The van der Waals surface area contributed by atoms with Gasteiger partial charge in [-0.05, 0) is 32.6 Å². The Bertz CT molecular complexity index is 268. The van der Waals surface area contributed by atoms with Gasteiger partial charge in [0.25, 0.3) is 5.19 Å². The minimum atomic E-state index is 0.390. The summed E-state index contributed by atoms with van der Waals surface area (Å²) in [5.41, 5.74) is 0. The largest absolute Gasteiger partial charge is 0.466 e. The monoisotopic (exact) mass is 198 g/mol. The van der Waals surface area contributed by atoms with E-state index in [9.17, 15) is 0 Å². The molecule has 1 saturated carbocycles. The molecule has 0 radical (unpaired) electrons. The average Bonchev–Trinajstić information content (AvgIpc) is 2.53. The van der Waals surface area contributed by atoms with E-state index in [1.165, 1.54) is 43.4 Å². The molecule has 1 aromatic heterocycles. The van der Waals surface area contributed by atoms with Gasteiger partial charge in [-0.15, -0.1) is 10.2 Å². The molecule has 1 aliphatic carbocycles. The van der Waals surface area contributed by atoms with Crippen LogP contribution in [0.4, 0.5) is 0 Å². The molecule has 1 heterocycles. The number of aryl methyl sites for hydroxylation is 1. The fraction of sp³-hybridized carbons (Fsp3) is 0.778. The zero-order valence-corrected chi connectivity index (χ0v) is 8.64. The Balaban J connectivity index is 1.89. The third kappa shape index (κ3) is 2.40. The quantitative estimate of drug-likeness (QED) is 0.732. The number of hydrogen-bond donors (Lipinski definition) is 0. The van der Waals surface area contributed by atoms with Crippen LogP contribution in [0, 0.1) is 6.92 Å². The molecule has 0 N–H and O–H groups in total. The molecule has 1 aromatic rings. The lowest BCUT2D eigenvalue weighted by Gasteiger charge is -2.20. The number of rotatable bonds is 2. The Morgan fingerprint density at radius 1 is 1.23 bits per heavy atom. The first-order valence-corrected chi connectivity index (χ1v) is 5.63. The molecule has 72 valence electrons. The van der Waals surface area contributed by atoms with Crippen LogP contribution >= 0.6 is 11.3 Å². The maximum Gasteiger partial charge on any atom is 0.294 e. The molecule has 0 unspecified atom stereocenters. The van der Waals surface area contributed by atoms with Crippen molar-refractivity contribution in [2.75, 3.05) is 0 Å². The van der Waals surface area contributed by atoms with E-state index in [0.717, 1.165) is 10.2 Å². The van der Waals surface area contributed by atoms with Crippen molar-refractivity contribution in [2.45, 2.75) is 45.1 Å². The maximum absolute atomic E-state index is 5.72. The molecule has 0 saturated heterocycles. The molecule has 0 bridgehead atoms. The highest BCUT2D eigenvalue weighted by molar-refractivity contribution is 7.12. The minimum absolute atomic E-state index is 0.390. The average molecular weight is 198 g/mol. The molecule has 13 heavy (non-hydrogen) atoms. The van der Waals surface area contributed by atoms with Crippen LogP contribution in [0.15, 0.2) is 0 Å². The summed E-state index contributed by atoms with van der Waals surface area (Å²) < 4.78 is 5.72. The van der Waals surface area contributed by atoms with Gasteiger partial charge >= 0.3 is 0 Å². The van der Waals surface area contributed by atoms with Crippen LogP contribution in [0.5, 0.6) is 5.19 Å². The van der Waals surface area contributed by atoms with E-state index in [1.807, 2.05) is 6.92 Å². The highest BCUT2D eigenvalue weighted by atomic mass is 32.1. The van der Waals surface area contributed by atoms with E-state index in [-0.39, 0.29) is 0 Å². The van der Waals surface area contributed by atoms with Crippen LogP contribution in [0.2, 0.25) is 0 Å². The van der Waals surface area contributed by atoms with E-state index < -0.39 is 0 Å². The summed E-state index contributed by atoms with van der Waals surface area (Å²) in [6, 6.07) is 0. The maximum atomic E-state index is 5.72. The number of ether oxygens (including phenoxy) is 1. The minimum Gasteiger partial charge on any atom is -0.466 e. The van der Waals surface area contributed by atoms with Gasteiger partial charge in [0.1, 0.15) is 11.1 Å². The van der Waals surface area contributed by atoms with Gasteiger partial charge in [0.2, 0.25) is 0 Å². The van der Waals surface area contributed by atoms with Crippen molar-refractivity contribution in [3.8, 4) is 5.19 Å². The lowest BCUT2D eigenvalue weighted by atomic mass is 9.98. The Morgan fingerprint density at radius 2 is 2.00 bits per heavy atom. The molecular formula is C9H14N2OS. The van der Waals surface area contributed by atoms with Crippen molar-refractivity contribution in [1.82, 2.24) is 10.2 Å². The molecule has 2 rings (SSSR count). The predicted octanol–water partition coefficient (Wildman–Crippen LogP) is 2.56. The van der Waals surface area contributed by atoms with Gasteiger partial charge in [-0.3, -0.25) is 0 Å². The molecule has 1 aliphatic rings. The first-order chi connectivity index (χ1) is 6.34. The van der Waals surface area contributed by atoms with Gasteiger partial charge in [0, 0.05) is 0 Å². The SMILES string of the molecule is Cc1nnc(OC2CCCCC2)s1. The second kappa shape index (κ2) is 4.05. The summed E-state index contributed by atoms with van der Waals surface area (Å²) in [7, 11) is 0. The van der Waals surface area contributed by atoms with Crippen molar-refractivity contribution in [3.05, 3.63) is 5.01 Å². The van der Waals surface area contributed by atoms with E-state index >= 15 is 0 Å².